The van der Waals surface area contributed by atoms with Crippen molar-refractivity contribution in [1.82, 2.24) is 0 Å². The Morgan fingerprint density at radius 1 is 1.35 bits per heavy atom. The summed E-state index contributed by atoms with van der Waals surface area (Å²) in [5.74, 6) is 0. The molecule has 1 fully saturated rings. The summed E-state index contributed by atoms with van der Waals surface area (Å²) in [6.45, 7) is 0.422. The summed E-state index contributed by atoms with van der Waals surface area (Å²) in [5, 5.41) is 15.5. The molecule has 0 heterocycles. The van der Waals surface area contributed by atoms with Crippen molar-refractivity contribution in [3.63, 3.8) is 0 Å². The Bertz CT molecular complexity index is 595. The number of benzene rings is 1. The van der Waals surface area contributed by atoms with Gasteiger partial charge in [-0.25, -0.2) is 13.6 Å². The summed E-state index contributed by atoms with van der Waals surface area (Å²) in [6.07, 6.45) is 3.53. The molecule has 0 spiro atoms. The van der Waals surface area contributed by atoms with Crippen molar-refractivity contribution in [2.24, 2.45) is 5.14 Å². The van der Waals surface area contributed by atoms with E-state index in [0.29, 0.717) is 17.9 Å². The van der Waals surface area contributed by atoms with Crippen molar-refractivity contribution >= 4 is 21.4 Å². The van der Waals surface area contributed by atoms with Crippen molar-refractivity contribution in [2.45, 2.75) is 36.2 Å². The van der Waals surface area contributed by atoms with Crippen LogP contribution in [0, 0.1) is 0 Å². The summed E-state index contributed by atoms with van der Waals surface area (Å²) < 4.78 is 22.8. The molecule has 1 aliphatic carbocycles. The number of sulfonamides is 1. The van der Waals surface area contributed by atoms with Gasteiger partial charge in [0.05, 0.1) is 21.9 Å². The van der Waals surface area contributed by atoms with Gasteiger partial charge in [0, 0.05) is 13.6 Å². The molecule has 0 saturated heterocycles. The van der Waals surface area contributed by atoms with Gasteiger partial charge < -0.3 is 15.7 Å². The maximum Gasteiger partial charge on any atom is 0.238 e. The van der Waals surface area contributed by atoms with Crippen molar-refractivity contribution in [1.29, 1.82) is 0 Å². The Hall–Kier alpha value is -1.31. The van der Waals surface area contributed by atoms with Crippen LogP contribution in [0.4, 0.5) is 11.4 Å². The molecule has 0 amide bonds. The van der Waals surface area contributed by atoms with Gasteiger partial charge in [0.2, 0.25) is 10.0 Å². The predicted octanol–water partition coefficient (Wildman–Crippen LogP) is 0.657. The Balaban J connectivity index is 2.27. The van der Waals surface area contributed by atoms with E-state index in [1.54, 1.807) is 11.9 Å². The molecule has 6 nitrogen and oxygen atoms in total. The molecule has 1 aliphatic rings. The van der Waals surface area contributed by atoms with Crippen LogP contribution in [0.1, 0.15) is 25.7 Å². The van der Waals surface area contributed by atoms with E-state index in [2.05, 4.69) is 0 Å². The summed E-state index contributed by atoms with van der Waals surface area (Å²) in [4.78, 5) is 1.81. The molecular weight excluding hydrogens is 278 g/mol. The second kappa shape index (κ2) is 5.23. The second-order valence-corrected chi connectivity index (χ2v) is 7.11. The first-order chi connectivity index (χ1) is 9.21. The lowest BCUT2D eigenvalue weighted by Gasteiger charge is -2.30. The Labute approximate surface area is 119 Å². The fraction of sp³-hybridized carbons (Fsp3) is 0.538. The molecule has 0 atom stereocenters. The molecule has 1 saturated carbocycles. The van der Waals surface area contributed by atoms with E-state index in [1.165, 1.54) is 18.2 Å². The first-order valence-corrected chi connectivity index (χ1v) is 8.12. The van der Waals surface area contributed by atoms with Crippen LogP contribution in [-0.2, 0) is 10.0 Å². The van der Waals surface area contributed by atoms with Gasteiger partial charge in [-0.15, -0.1) is 0 Å². The highest BCUT2D eigenvalue weighted by Crippen LogP contribution is 2.33. The van der Waals surface area contributed by atoms with Gasteiger partial charge in [-0.1, -0.05) is 12.8 Å². The third-order valence-corrected chi connectivity index (χ3v) is 4.72. The van der Waals surface area contributed by atoms with Gasteiger partial charge in [-0.05, 0) is 31.0 Å². The van der Waals surface area contributed by atoms with Crippen LogP contribution < -0.4 is 15.8 Å². The molecule has 1 aromatic carbocycles. The average molecular weight is 299 g/mol. The van der Waals surface area contributed by atoms with Crippen molar-refractivity contribution in [3.8, 4) is 0 Å². The highest BCUT2D eigenvalue weighted by atomic mass is 32.2. The lowest BCUT2D eigenvalue weighted by atomic mass is 10.0. The van der Waals surface area contributed by atoms with E-state index in [0.717, 1.165) is 25.7 Å². The molecule has 0 aliphatic heterocycles. The highest BCUT2D eigenvalue weighted by Gasteiger charge is 2.32. The smallest absolute Gasteiger partial charge is 0.238 e. The Morgan fingerprint density at radius 2 is 1.95 bits per heavy atom. The topological polar surface area (TPSA) is 110 Å². The maximum atomic E-state index is 11.4. The van der Waals surface area contributed by atoms with Crippen LogP contribution >= 0.6 is 0 Å². The Morgan fingerprint density at radius 3 is 2.50 bits per heavy atom. The maximum absolute atomic E-state index is 11.4. The van der Waals surface area contributed by atoms with Gasteiger partial charge in [0.15, 0.2) is 0 Å². The van der Waals surface area contributed by atoms with E-state index in [9.17, 15) is 13.5 Å². The van der Waals surface area contributed by atoms with E-state index in [1.807, 2.05) is 0 Å². The third kappa shape index (κ3) is 3.23. The molecule has 112 valence electrons. The second-order valence-electron chi connectivity index (χ2n) is 5.55. The number of nitrogens with zero attached hydrogens (tertiary/aromatic N) is 1. The molecule has 0 unspecified atom stereocenters. The average Bonchev–Trinajstić information content (AvgIpc) is 2.74. The molecule has 0 bridgehead atoms. The van der Waals surface area contributed by atoms with E-state index in [-0.39, 0.29) is 4.90 Å². The third-order valence-electron chi connectivity index (χ3n) is 3.81. The van der Waals surface area contributed by atoms with Crippen LogP contribution in [0.3, 0.4) is 0 Å². The Kier molecular flexibility index (Phi) is 3.95. The zero-order chi connectivity index (χ0) is 15.0. The van der Waals surface area contributed by atoms with Gasteiger partial charge in [-0.3, -0.25) is 0 Å². The zero-order valence-corrected chi connectivity index (χ0v) is 12.4. The number of anilines is 2. The molecule has 5 N–H and O–H groups in total. The van der Waals surface area contributed by atoms with E-state index in [4.69, 9.17) is 10.9 Å². The molecular formula is C13H21N3O3S. The van der Waals surface area contributed by atoms with Crippen LogP contribution in [0.5, 0.6) is 0 Å². The zero-order valence-electron chi connectivity index (χ0n) is 11.5. The number of hydrogen-bond donors (Lipinski definition) is 3. The molecule has 20 heavy (non-hydrogen) atoms. The lowest BCUT2D eigenvalue weighted by molar-refractivity contribution is 0.0559. The number of nitrogen functional groups attached to an aromatic ring is 1. The quantitative estimate of drug-likeness (QED) is 0.707. The molecule has 1 aromatic rings. The number of primary sulfonamides is 1. The van der Waals surface area contributed by atoms with E-state index < -0.39 is 15.6 Å². The van der Waals surface area contributed by atoms with Crippen LogP contribution in [-0.4, -0.2) is 32.7 Å². The van der Waals surface area contributed by atoms with Crippen LogP contribution in [0.2, 0.25) is 0 Å². The lowest BCUT2D eigenvalue weighted by Crippen LogP contribution is -2.39. The van der Waals surface area contributed by atoms with Crippen LogP contribution in [0.25, 0.3) is 0 Å². The fourth-order valence-corrected chi connectivity index (χ4v) is 3.28. The van der Waals surface area contributed by atoms with Gasteiger partial charge >= 0.3 is 0 Å². The molecule has 0 aromatic heterocycles. The molecule has 2 rings (SSSR count). The van der Waals surface area contributed by atoms with Crippen molar-refractivity contribution in [2.75, 3.05) is 24.2 Å². The number of rotatable bonds is 4. The SMILES string of the molecule is CN(CC1(O)CCCC1)c1cc(S(N)(=O)=O)ccc1N. The summed E-state index contributed by atoms with van der Waals surface area (Å²) >= 11 is 0. The van der Waals surface area contributed by atoms with Crippen molar-refractivity contribution in [3.05, 3.63) is 18.2 Å². The van der Waals surface area contributed by atoms with Gasteiger partial charge in [0.25, 0.3) is 0 Å². The van der Waals surface area contributed by atoms with Gasteiger partial charge in [-0.2, -0.15) is 0 Å². The number of likely N-dealkylation sites (N-methyl/N-ethyl adjacent to an activating group) is 1. The minimum absolute atomic E-state index is 0.0203. The normalized spacial score (nSPS) is 18.1. The van der Waals surface area contributed by atoms with Crippen molar-refractivity contribution < 1.29 is 13.5 Å². The highest BCUT2D eigenvalue weighted by molar-refractivity contribution is 7.89. The summed E-state index contributed by atoms with van der Waals surface area (Å²) in [5.41, 5.74) is 6.19. The first kappa shape index (κ1) is 15.1. The summed E-state index contributed by atoms with van der Waals surface area (Å²) in [7, 11) is -1.98. The monoisotopic (exact) mass is 299 g/mol. The van der Waals surface area contributed by atoms with E-state index >= 15 is 0 Å². The first-order valence-electron chi connectivity index (χ1n) is 6.57. The molecule has 7 heteroatoms. The standard InChI is InChI=1S/C13H21N3O3S/c1-16(9-13(17)6-2-3-7-13)12-8-10(20(15,18)19)4-5-11(12)14/h4-5,8,17H,2-3,6-7,9,14H2,1H3,(H2,15,18,19). The number of nitrogens with two attached hydrogens (primary N) is 2. The largest absolute Gasteiger partial charge is 0.397 e. The van der Waals surface area contributed by atoms with Gasteiger partial charge in [0.1, 0.15) is 0 Å². The number of hydrogen-bond acceptors (Lipinski definition) is 5. The minimum Gasteiger partial charge on any atom is -0.397 e. The predicted molar refractivity (Wildman–Crippen MR) is 78.9 cm³/mol. The summed E-state index contributed by atoms with van der Waals surface area (Å²) in [6, 6.07) is 4.35. The number of aliphatic hydroxyl groups is 1. The fourth-order valence-electron chi connectivity index (χ4n) is 2.75. The van der Waals surface area contributed by atoms with Crippen LogP contribution in [0.15, 0.2) is 23.1 Å². The minimum atomic E-state index is -3.76. The molecule has 0 radical (unpaired) electrons.